The predicted octanol–water partition coefficient (Wildman–Crippen LogP) is 4.07. The third-order valence-corrected chi connectivity index (χ3v) is 4.12. The summed E-state index contributed by atoms with van der Waals surface area (Å²) in [6.07, 6.45) is 2.48. The smallest absolute Gasteiger partial charge is 0.195 e. The van der Waals surface area contributed by atoms with Crippen molar-refractivity contribution < 1.29 is 4.42 Å². The zero-order chi connectivity index (χ0) is 13.2. The van der Waals surface area contributed by atoms with E-state index in [0.29, 0.717) is 4.77 Å². The molecule has 1 unspecified atom stereocenters. The van der Waals surface area contributed by atoms with Crippen LogP contribution in [0.2, 0.25) is 0 Å². The van der Waals surface area contributed by atoms with Gasteiger partial charge in [-0.05, 0) is 42.7 Å². The van der Waals surface area contributed by atoms with Gasteiger partial charge in [0.2, 0.25) is 0 Å². The Morgan fingerprint density at radius 1 is 1.47 bits per heavy atom. The molecule has 0 saturated heterocycles. The fourth-order valence-electron chi connectivity index (χ4n) is 2.10. The van der Waals surface area contributed by atoms with Crippen molar-refractivity contribution in [1.82, 2.24) is 14.8 Å². The van der Waals surface area contributed by atoms with E-state index in [4.69, 9.17) is 16.6 Å². The average Bonchev–Trinajstić information content (AvgIpc) is 3.07. The highest BCUT2D eigenvalue weighted by Gasteiger charge is 2.16. The minimum atomic E-state index is 0.189. The van der Waals surface area contributed by atoms with E-state index in [2.05, 4.69) is 17.1 Å². The summed E-state index contributed by atoms with van der Waals surface area (Å²) in [6.45, 7) is 2.12. The number of aromatic amines is 1. The summed E-state index contributed by atoms with van der Waals surface area (Å²) >= 11 is 6.99. The molecule has 0 spiro atoms. The number of hydrogen-bond donors (Lipinski definition) is 1. The summed E-state index contributed by atoms with van der Waals surface area (Å²) in [5, 5.41) is 9.25. The molecule has 0 aliphatic rings. The van der Waals surface area contributed by atoms with Gasteiger partial charge < -0.3 is 4.42 Å². The van der Waals surface area contributed by atoms with Crippen LogP contribution >= 0.6 is 23.6 Å². The maximum atomic E-state index is 5.40. The van der Waals surface area contributed by atoms with E-state index in [-0.39, 0.29) is 6.04 Å². The number of hydrogen-bond acceptors (Lipinski definition) is 4. The van der Waals surface area contributed by atoms with Crippen LogP contribution in [0.3, 0.4) is 0 Å². The van der Waals surface area contributed by atoms with Crippen LogP contribution in [0.15, 0.2) is 40.3 Å². The molecule has 0 aliphatic heterocycles. The molecule has 0 fully saturated rings. The zero-order valence-corrected chi connectivity index (χ0v) is 12.0. The monoisotopic (exact) mass is 291 g/mol. The summed E-state index contributed by atoms with van der Waals surface area (Å²) in [5.41, 5.74) is 0. The quantitative estimate of drug-likeness (QED) is 0.737. The van der Waals surface area contributed by atoms with Crippen LogP contribution in [-0.2, 0) is 6.42 Å². The molecular formula is C13H13N3OS2. The Morgan fingerprint density at radius 3 is 3.05 bits per heavy atom. The van der Waals surface area contributed by atoms with Gasteiger partial charge in [0.1, 0.15) is 5.76 Å². The van der Waals surface area contributed by atoms with Gasteiger partial charge in [-0.25, -0.2) is 0 Å². The topological polar surface area (TPSA) is 46.8 Å². The Kier molecular flexibility index (Phi) is 3.35. The third-order valence-electron chi connectivity index (χ3n) is 2.96. The van der Waals surface area contributed by atoms with E-state index in [0.717, 1.165) is 22.9 Å². The Balaban J connectivity index is 1.96. The van der Waals surface area contributed by atoms with E-state index in [1.807, 2.05) is 34.2 Å². The van der Waals surface area contributed by atoms with Crippen LogP contribution in [-0.4, -0.2) is 14.8 Å². The van der Waals surface area contributed by atoms with Crippen LogP contribution in [0.1, 0.15) is 18.7 Å². The summed E-state index contributed by atoms with van der Waals surface area (Å²) in [4.78, 5) is 1.11. The molecular weight excluding hydrogens is 278 g/mol. The highest BCUT2D eigenvalue weighted by Crippen LogP contribution is 2.26. The molecule has 0 aliphatic carbocycles. The van der Waals surface area contributed by atoms with Gasteiger partial charge in [-0.1, -0.05) is 6.07 Å². The molecule has 4 nitrogen and oxygen atoms in total. The van der Waals surface area contributed by atoms with Crippen LogP contribution in [0.25, 0.3) is 10.7 Å². The lowest BCUT2D eigenvalue weighted by atomic mass is 10.2. The summed E-state index contributed by atoms with van der Waals surface area (Å²) in [5.74, 6) is 1.84. The van der Waals surface area contributed by atoms with Gasteiger partial charge in [0, 0.05) is 12.5 Å². The number of thiophene rings is 1. The highest BCUT2D eigenvalue weighted by atomic mass is 32.1. The Hall–Kier alpha value is -1.66. The molecule has 0 aromatic carbocycles. The van der Waals surface area contributed by atoms with Crippen molar-refractivity contribution >= 4 is 23.6 Å². The van der Waals surface area contributed by atoms with Gasteiger partial charge in [0.25, 0.3) is 0 Å². The van der Waals surface area contributed by atoms with Crippen molar-refractivity contribution in [2.45, 2.75) is 19.4 Å². The number of H-pyrrole nitrogens is 1. The first kappa shape index (κ1) is 12.4. The number of aromatic nitrogens is 3. The standard InChI is InChI=1S/C13H13N3OS2/c1-9(8-10-4-2-6-17-10)16-12(14-15-13(16)18)11-5-3-7-19-11/h2-7,9H,8H2,1H3,(H,15,18). The lowest BCUT2D eigenvalue weighted by Crippen LogP contribution is -2.09. The van der Waals surface area contributed by atoms with Crippen molar-refractivity contribution in [1.29, 1.82) is 0 Å². The molecule has 19 heavy (non-hydrogen) atoms. The molecule has 6 heteroatoms. The Bertz CT molecular complexity index is 695. The zero-order valence-electron chi connectivity index (χ0n) is 10.4. The van der Waals surface area contributed by atoms with Gasteiger partial charge in [0.15, 0.2) is 10.6 Å². The summed E-state index contributed by atoms with van der Waals surface area (Å²) < 4.78 is 8.08. The summed E-state index contributed by atoms with van der Waals surface area (Å²) in [6, 6.07) is 8.13. The molecule has 0 radical (unpaired) electrons. The maximum absolute atomic E-state index is 5.40. The van der Waals surface area contributed by atoms with E-state index >= 15 is 0 Å². The van der Waals surface area contributed by atoms with Gasteiger partial charge in [-0.15, -0.1) is 11.3 Å². The minimum Gasteiger partial charge on any atom is -0.469 e. The Morgan fingerprint density at radius 2 is 2.37 bits per heavy atom. The van der Waals surface area contributed by atoms with Crippen molar-refractivity contribution in [2.75, 3.05) is 0 Å². The molecule has 1 N–H and O–H groups in total. The van der Waals surface area contributed by atoms with Crippen LogP contribution < -0.4 is 0 Å². The lowest BCUT2D eigenvalue weighted by Gasteiger charge is -2.13. The number of nitrogens with one attached hydrogen (secondary N) is 1. The molecule has 3 rings (SSSR count). The number of rotatable bonds is 4. The van der Waals surface area contributed by atoms with E-state index in [1.165, 1.54) is 0 Å². The molecule has 98 valence electrons. The fraction of sp³-hybridized carbons (Fsp3) is 0.231. The van der Waals surface area contributed by atoms with E-state index < -0.39 is 0 Å². The van der Waals surface area contributed by atoms with E-state index in [1.54, 1.807) is 17.6 Å². The van der Waals surface area contributed by atoms with Gasteiger partial charge in [0.05, 0.1) is 11.1 Å². The first-order valence-corrected chi connectivity index (χ1v) is 7.27. The lowest BCUT2D eigenvalue weighted by molar-refractivity contribution is 0.448. The second-order valence-electron chi connectivity index (χ2n) is 4.33. The summed E-state index contributed by atoms with van der Waals surface area (Å²) in [7, 11) is 0. The molecule has 1 atom stereocenters. The Labute approximate surface area is 119 Å². The van der Waals surface area contributed by atoms with Crippen LogP contribution in [0, 0.1) is 4.77 Å². The average molecular weight is 291 g/mol. The fourth-order valence-corrected chi connectivity index (χ4v) is 3.13. The first-order valence-electron chi connectivity index (χ1n) is 5.99. The molecule has 3 aromatic rings. The van der Waals surface area contributed by atoms with Crippen molar-refractivity contribution in [3.8, 4) is 10.7 Å². The van der Waals surface area contributed by atoms with Gasteiger partial charge in [-0.2, -0.15) is 5.10 Å². The van der Waals surface area contributed by atoms with Crippen molar-refractivity contribution in [3.63, 3.8) is 0 Å². The first-order chi connectivity index (χ1) is 9.25. The van der Waals surface area contributed by atoms with Crippen LogP contribution in [0.5, 0.6) is 0 Å². The van der Waals surface area contributed by atoms with Crippen molar-refractivity contribution in [2.24, 2.45) is 0 Å². The SMILES string of the molecule is CC(Cc1ccco1)n1c(-c2cccs2)n[nH]c1=S. The molecule has 3 aromatic heterocycles. The molecule has 0 amide bonds. The highest BCUT2D eigenvalue weighted by molar-refractivity contribution is 7.71. The third kappa shape index (κ3) is 2.41. The minimum absolute atomic E-state index is 0.189. The maximum Gasteiger partial charge on any atom is 0.195 e. The predicted molar refractivity (Wildman–Crippen MR) is 77.8 cm³/mol. The molecule has 0 bridgehead atoms. The van der Waals surface area contributed by atoms with Gasteiger partial charge in [-0.3, -0.25) is 9.67 Å². The van der Waals surface area contributed by atoms with Gasteiger partial charge >= 0.3 is 0 Å². The normalized spacial score (nSPS) is 12.7. The number of nitrogens with zero attached hydrogens (tertiary/aromatic N) is 2. The van der Waals surface area contributed by atoms with E-state index in [9.17, 15) is 0 Å². The molecule has 0 saturated carbocycles. The largest absolute Gasteiger partial charge is 0.469 e. The molecule has 3 heterocycles. The second kappa shape index (κ2) is 5.14. The van der Waals surface area contributed by atoms with Crippen LogP contribution in [0.4, 0.5) is 0 Å². The number of furan rings is 1. The van der Waals surface area contributed by atoms with Crippen molar-refractivity contribution in [3.05, 3.63) is 46.4 Å². The second-order valence-corrected chi connectivity index (χ2v) is 5.67.